The Bertz CT molecular complexity index is 345. The van der Waals surface area contributed by atoms with Gasteiger partial charge < -0.3 is 0 Å². The van der Waals surface area contributed by atoms with Gasteiger partial charge in [0.15, 0.2) is 0 Å². The van der Waals surface area contributed by atoms with Gasteiger partial charge in [0.2, 0.25) is 0 Å². The minimum atomic E-state index is 0.260. The van der Waals surface area contributed by atoms with Crippen molar-refractivity contribution in [2.24, 2.45) is 13.0 Å². The molecule has 0 aliphatic heterocycles. The molecule has 0 amide bonds. The molecular weight excluding hydrogens is 243 g/mol. The summed E-state index contributed by atoms with van der Waals surface area (Å²) in [5.41, 5.74) is 2.19. The zero-order chi connectivity index (χ0) is 12.3. The molecule has 16 heavy (non-hydrogen) atoms. The molecule has 0 spiro atoms. The number of hydrogen-bond donors (Lipinski definition) is 0. The molecule has 0 bridgehead atoms. The largest absolute Gasteiger partial charge is 0.257 e. The number of alkyl halides is 1. The van der Waals surface area contributed by atoms with Gasteiger partial charge in [-0.3, -0.25) is 4.68 Å². The van der Waals surface area contributed by atoms with Crippen LogP contribution in [0.2, 0.25) is 5.15 Å². The monoisotopic (exact) mass is 262 g/mol. The minimum Gasteiger partial charge on any atom is -0.257 e. The highest BCUT2D eigenvalue weighted by atomic mass is 35.5. The van der Waals surface area contributed by atoms with Crippen molar-refractivity contribution >= 4 is 23.2 Å². The molecule has 2 nitrogen and oxygen atoms in total. The lowest BCUT2D eigenvalue weighted by Gasteiger charge is -2.12. The van der Waals surface area contributed by atoms with E-state index in [1.165, 1.54) is 0 Å². The van der Waals surface area contributed by atoms with E-state index >= 15 is 0 Å². The standard InChI is InChI=1S/C12H20Cl2N2/c1-8(2)11(13)7-5-6-10-9(3)15-16(4)12(10)14/h8,11H,5-7H2,1-4H3. The highest BCUT2D eigenvalue weighted by Crippen LogP contribution is 2.23. The normalized spacial score (nSPS) is 13.4. The summed E-state index contributed by atoms with van der Waals surface area (Å²) in [7, 11) is 1.87. The van der Waals surface area contributed by atoms with Crippen LogP contribution in [0.5, 0.6) is 0 Å². The van der Waals surface area contributed by atoms with Crippen molar-refractivity contribution in [3.63, 3.8) is 0 Å². The third-order valence-corrected chi connectivity index (χ3v) is 4.09. The maximum Gasteiger partial charge on any atom is 0.130 e. The van der Waals surface area contributed by atoms with Crippen LogP contribution in [0, 0.1) is 12.8 Å². The Balaban J connectivity index is 2.49. The van der Waals surface area contributed by atoms with Gasteiger partial charge in [0, 0.05) is 18.0 Å². The van der Waals surface area contributed by atoms with Gasteiger partial charge >= 0.3 is 0 Å². The Kier molecular flexibility index (Phi) is 5.13. The molecule has 1 atom stereocenters. The summed E-state index contributed by atoms with van der Waals surface area (Å²) in [5.74, 6) is 0.534. The van der Waals surface area contributed by atoms with Crippen molar-refractivity contribution in [3.05, 3.63) is 16.4 Å². The molecular formula is C12H20Cl2N2. The summed E-state index contributed by atoms with van der Waals surface area (Å²) in [6.45, 7) is 6.31. The molecule has 1 aromatic rings. The summed E-state index contributed by atoms with van der Waals surface area (Å²) < 4.78 is 1.73. The van der Waals surface area contributed by atoms with E-state index in [1.54, 1.807) is 4.68 Å². The van der Waals surface area contributed by atoms with Crippen LogP contribution >= 0.6 is 23.2 Å². The third kappa shape index (κ3) is 3.39. The Morgan fingerprint density at radius 3 is 2.44 bits per heavy atom. The lowest BCUT2D eigenvalue weighted by Crippen LogP contribution is -2.07. The Hall–Kier alpha value is -0.210. The van der Waals surface area contributed by atoms with Gasteiger partial charge in [-0.05, 0) is 32.1 Å². The second-order valence-corrected chi connectivity index (χ2v) is 5.55. The molecule has 0 aromatic carbocycles. The van der Waals surface area contributed by atoms with Crippen molar-refractivity contribution in [3.8, 4) is 0 Å². The van der Waals surface area contributed by atoms with Crippen molar-refractivity contribution in [2.75, 3.05) is 0 Å². The van der Waals surface area contributed by atoms with Crippen molar-refractivity contribution in [1.82, 2.24) is 9.78 Å². The van der Waals surface area contributed by atoms with Gasteiger partial charge in [-0.25, -0.2) is 0 Å². The SMILES string of the molecule is Cc1nn(C)c(Cl)c1CCCC(Cl)C(C)C. The van der Waals surface area contributed by atoms with Gasteiger partial charge in [0.05, 0.1) is 5.69 Å². The van der Waals surface area contributed by atoms with E-state index in [1.807, 2.05) is 14.0 Å². The number of rotatable bonds is 5. The molecule has 0 saturated carbocycles. The smallest absolute Gasteiger partial charge is 0.130 e. The van der Waals surface area contributed by atoms with Gasteiger partial charge in [0.1, 0.15) is 5.15 Å². The van der Waals surface area contributed by atoms with Crippen LogP contribution < -0.4 is 0 Å². The van der Waals surface area contributed by atoms with Crippen LogP contribution in [-0.4, -0.2) is 15.2 Å². The van der Waals surface area contributed by atoms with Gasteiger partial charge in [-0.2, -0.15) is 5.10 Å². The molecule has 1 rings (SSSR count). The van der Waals surface area contributed by atoms with E-state index in [0.29, 0.717) is 5.92 Å². The molecule has 0 saturated heterocycles. The molecule has 4 heteroatoms. The predicted octanol–water partition coefficient (Wildman–Crippen LogP) is 3.97. The average Bonchev–Trinajstić information content (AvgIpc) is 2.44. The zero-order valence-corrected chi connectivity index (χ0v) is 11.9. The minimum absolute atomic E-state index is 0.260. The van der Waals surface area contributed by atoms with E-state index in [0.717, 1.165) is 35.7 Å². The highest BCUT2D eigenvalue weighted by Gasteiger charge is 2.13. The first-order valence-electron chi connectivity index (χ1n) is 5.75. The number of aromatic nitrogens is 2. The third-order valence-electron chi connectivity index (χ3n) is 2.90. The van der Waals surface area contributed by atoms with E-state index in [2.05, 4.69) is 18.9 Å². The van der Waals surface area contributed by atoms with Crippen molar-refractivity contribution < 1.29 is 0 Å². The van der Waals surface area contributed by atoms with Crippen molar-refractivity contribution in [2.45, 2.75) is 45.4 Å². The van der Waals surface area contributed by atoms with Crippen molar-refractivity contribution in [1.29, 1.82) is 0 Å². The number of nitrogens with zero attached hydrogens (tertiary/aromatic N) is 2. The lowest BCUT2D eigenvalue weighted by atomic mass is 10.0. The Morgan fingerprint density at radius 1 is 1.38 bits per heavy atom. The zero-order valence-electron chi connectivity index (χ0n) is 10.4. The van der Waals surface area contributed by atoms with E-state index in [9.17, 15) is 0 Å². The maximum atomic E-state index is 6.21. The number of hydrogen-bond acceptors (Lipinski definition) is 1. The first-order valence-corrected chi connectivity index (χ1v) is 6.57. The topological polar surface area (TPSA) is 17.8 Å². The van der Waals surface area contributed by atoms with E-state index in [-0.39, 0.29) is 5.38 Å². The molecule has 1 aromatic heterocycles. The van der Waals surface area contributed by atoms with Gasteiger partial charge in [-0.1, -0.05) is 25.4 Å². The maximum absolute atomic E-state index is 6.21. The first-order chi connectivity index (χ1) is 7.43. The van der Waals surface area contributed by atoms with Crippen LogP contribution in [0.25, 0.3) is 0 Å². The fraction of sp³-hybridized carbons (Fsp3) is 0.750. The number of aryl methyl sites for hydroxylation is 2. The first kappa shape index (κ1) is 13.9. The van der Waals surface area contributed by atoms with Crippen LogP contribution in [0.15, 0.2) is 0 Å². The quantitative estimate of drug-likeness (QED) is 0.735. The summed E-state index contributed by atoms with van der Waals surface area (Å²) in [6, 6.07) is 0. The molecule has 0 aliphatic rings. The molecule has 0 aliphatic carbocycles. The van der Waals surface area contributed by atoms with Gasteiger partial charge in [0.25, 0.3) is 0 Å². The summed E-state index contributed by atoms with van der Waals surface area (Å²) in [4.78, 5) is 0. The second kappa shape index (κ2) is 5.92. The summed E-state index contributed by atoms with van der Waals surface area (Å²) >= 11 is 12.4. The fourth-order valence-electron chi connectivity index (χ4n) is 1.77. The predicted molar refractivity (Wildman–Crippen MR) is 70.4 cm³/mol. The molecule has 1 unspecified atom stereocenters. The van der Waals surface area contributed by atoms with Crippen LogP contribution in [-0.2, 0) is 13.5 Å². The Labute approximate surface area is 108 Å². The number of halogens is 2. The highest BCUT2D eigenvalue weighted by molar-refractivity contribution is 6.30. The second-order valence-electron chi connectivity index (χ2n) is 4.63. The van der Waals surface area contributed by atoms with Crippen LogP contribution in [0.1, 0.15) is 37.9 Å². The average molecular weight is 263 g/mol. The molecule has 0 radical (unpaired) electrons. The van der Waals surface area contributed by atoms with E-state index < -0.39 is 0 Å². The molecule has 0 fully saturated rings. The van der Waals surface area contributed by atoms with Gasteiger partial charge in [-0.15, -0.1) is 11.6 Å². The van der Waals surface area contributed by atoms with E-state index in [4.69, 9.17) is 23.2 Å². The molecule has 0 N–H and O–H groups in total. The fourth-order valence-corrected chi connectivity index (χ4v) is 2.19. The molecule has 92 valence electrons. The molecule has 1 heterocycles. The Morgan fingerprint density at radius 2 is 2.00 bits per heavy atom. The van der Waals surface area contributed by atoms with Crippen LogP contribution in [0.4, 0.5) is 0 Å². The van der Waals surface area contributed by atoms with Crippen LogP contribution in [0.3, 0.4) is 0 Å². The lowest BCUT2D eigenvalue weighted by molar-refractivity contribution is 0.547. The summed E-state index contributed by atoms with van der Waals surface area (Å²) in [6.07, 6.45) is 3.07. The summed E-state index contributed by atoms with van der Waals surface area (Å²) in [5, 5.41) is 5.31.